The second-order valence-electron chi connectivity index (χ2n) is 4.37. The third-order valence-electron chi connectivity index (χ3n) is 3.07. The average molecular weight is 268 g/mol. The van der Waals surface area contributed by atoms with Crippen molar-refractivity contribution in [3.8, 4) is 0 Å². The van der Waals surface area contributed by atoms with E-state index in [1.54, 1.807) is 11.8 Å². The largest absolute Gasteiger partial charge is 0.381 e. The molecule has 1 aliphatic heterocycles. The zero-order chi connectivity index (χ0) is 12.8. The monoisotopic (exact) mass is 268 g/mol. The molecule has 0 aromatic carbocycles. The summed E-state index contributed by atoms with van der Waals surface area (Å²) < 4.78 is 7.40. The van der Waals surface area contributed by atoms with E-state index >= 15 is 0 Å². The predicted octanol–water partition coefficient (Wildman–Crippen LogP) is 1.44. The lowest BCUT2D eigenvalue weighted by molar-refractivity contribution is 0.185. The molecule has 2 N–H and O–H groups in total. The quantitative estimate of drug-likeness (QED) is 0.599. The Hall–Kier alpha value is -0.850. The van der Waals surface area contributed by atoms with Crippen molar-refractivity contribution in [3.63, 3.8) is 0 Å². The van der Waals surface area contributed by atoms with Gasteiger partial charge in [0.1, 0.15) is 5.82 Å². The molecule has 1 atom stereocenters. The van der Waals surface area contributed by atoms with Gasteiger partial charge in [-0.2, -0.15) is 0 Å². The summed E-state index contributed by atoms with van der Waals surface area (Å²) in [4.78, 5) is 0. The van der Waals surface area contributed by atoms with Crippen molar-refractivity contribution >= 4 is 11.8 Å². The van der Waals surface area contributed by atoms with Crippen molar-refractivity contribution in [1.29, 1.82) is 0 Å². The highest BCUT2D eigenvalue weighted by molar-refractivity contribution is 7.99. The Morgan fingerprint density at radius 3 is 3.11 bits per heavy atom. The van der Waals surface area contributed by atoms with Crippen LogP contribution in [0.15, 0.2) is 17.8 Å². The molecule has 1 aliphatic rings. The number of thioether (sulfide) groups is 1. The number of hydrogen-bond donors (Lipinski definition) is 1. The van der Waals surface area contributed by atoms with Gasteiger partial charge >= 0.3 is 0 Å². The number of allylic oxidation sites excluding steroid dienone is 1. The molecule has 100 valence electrons. The lowest BCUT2D eigenvalue weighted by Crippen LogP contribution is -2.09. The number of aromatic nitrogens is 3. The van der Waals surface area contributed by atoms with E-state index in [2.05, 4.69) is 16.8 Å². The van der Waals surface area contributed by atoms with Crippen LogP contribution in [0, 0.1) is 5.92 Å². The van der Waals surface area contributed by atoms with Gasteiger partial charge in [0.25, 0.3) is 0 Å². The molecule has 1 fully saturated rings. The average Bonchev–Trinajstić information content (AvgIpc) is 3.00. The number of ether oxygens (including phenoxy) is 1. The first-order valence-corrected chi connectivity index (χ1v) is 7.27. The Balaban J connectivity index is 1.87. The fraction of sp³-hybridized carbons (Fsp3) is 0.667. The van der Waals surface area contributed by atoms with Gasteiger partial charge in [0.05, 0.1) is 6.54 Å². The molecule has 18 heavy (non-hydrogen) atoms. The number of nitrogens with zero attached hydrogens (tertiary/aromatic N) is 3. The maximum absolute atomic E-state index is 5.64. The molecule has 1 unspecified atom stereocenters. The molecule has 0 bridgehead atoms. The van der Waals surface area contributed by atoms with E-state index in [4.69, 9.17) is 10.5 Å². The predicted molar refractivity (Wildman–Crippen MR) is 72.4 cm³/mol. The van der Waals surface area contributed by atoms with Gasteiger partial charge in [0.2, 0.25) is 0 Å². The van der Waals surface area contributed by atoms with Crippen LogP contribution in [0.5, 0.6) is 0 Å². The van der Waals surface area contributed by atoms with E-state index in [-0.39, 0.29) is 0 Å². The van der Waals surface area contributed by atoms with Gasteiger partial charge in [-0.25, -0.2) is 0 Å². The van der Waals surface area contributed by atoms with E-state index in [0.29, 0.717) is 19.0 Å². The number of rotatable bonds is 7. The van der Waals surface area contributed by atoms with E-state index in [0.717, 1.165) is 29.9 Å². The molecule has 1 aromatic heterocycles. The van der Waals surface area contributed by atoms with Crippen molar-refractivity contribution in [2.45, 2.75) is 31.1 Å². The van der Waals surface area contributed by atoms with Crippen molar-refractivity contribution < 1.29 is 4.74 Å². The summed E-state index contributed by atoms with van der Waals surface area (Å²) in [5.41, 5.74) is 5.64. The molecule has 2 rings (SSSR count). The maximum atomic E-state index is 5.64. The maximum Gasteiger partial charge on any atom is 0.191 e. The Kier molecular flexibility index (Phi) is 5.22. The fourth-order valence-corrected chi connectivity index (χ4v) is 3.09. The molecule has 1 saturated heterocycles. The lowest BCUT2D eigenvalue weighted by atomic mass is 10.1. The molecule has 0 spiro atoms. The van der Waals surface area contributed by atoms with Crippen LogP contribution in [0.1, 0.15) is 18.7 Å². The van der Waals surface area contributed by atoms with Crippen molar-refractivity contribution in [2.75, 3.05) is 19.0 Å². The van der Waals surface area contributed by atoms with Crippen LogP contribution in [-0.2, 0) is 17.8 Å². The van der Waals surface area contributed by atoms with Gasteiger partial charge in [-0.1, -0.05) is 17.8 Å². The van der Waals surface area contributed by atoms with Gasteiger partial charge in [0, 0.05) is 25.5 Å². The van der Waals surface area contributed by atoms with Gasteiger partial charge in [-0.05, 0) is 18.8 Å². The van der Waals surface area contributed by atoms with Gasteiger partial charge in [-0.15, -0.1) is 16.8 Å². The Morgan fingerprint density at radius 1 is 1.56 bits per heavy atom. The Morgan fingerprint density at radius 2 is 2.44 bits per heavy atom. The molecule has 5 nitrogen and oxygen atoms in total. The van der Waals surface area contributed by atoms with Gasteiger partial charge in [-0.3, -0.25) is 0 Å². The Labute approximate surface area is 112 Å². The number of hydrogen-bond acceptors (Lipinski definition) is 5. The molecular formula is C12H20N4OS. The van der Waals surface area contributed by atoms with Crippen LogP contribution in [0.3, 0.4) is 0 Å². The topological polar surface area (TPSA) is 66.0 Å². The molecule has 1 aromatic rings. The minimum atomic E-state index is 0.415. The third kappa shape index (κ3) is 3.34. The normalized spacial score (nSPS) is 19.3. The summed E-state index contributed by atoms with van der Waals surface area (Å²) in [7, 11) is 0. The first kappa shape index (κ1) is 13.6. The summed E-state index contributed by atoms with van der Waals surface area (Å²) in [5.74, 6) is 2.58. The van der Waals surface area contributed by atoms with E-state index in [1.807, 2.05) is 10.6 Å². The summed E-state index contributed by atoms with van der Waals surface area (Å²) in [6, 6.07) is 0. The first-order chi connectivity index (χ1) is 8.85. The van der Waals surface area contributed by atoms with Crippen LogP contribution in [0.4, 0.5) is 0 Å². The first-order valence-electron chi connectivity index (χ1n) is 6.28. The standard InChI is InChI=1S/C12H20N4OS/c1-2-5-16-11(8-13)14-15-12(16)18-7-4-10-3-6-17-9-10/h2,10H,1,3-9,13H2. The van der Waals surface area contributed by atoms with Crippen molar-refractivity contribution in [1.82, 2.24) is 14.8 Å². The van der Waals surface area contributed by atoms with Crippen LogP contribution in [-0.4, -0.2) is 33.7 Å². The highest BCUT2D eigenvalue weighted by Gasteiger charge is 2.16. The highest BCUT2D eigenvalue weighted by Crippen LogP contribution is 2.23. The summed E-state index contributed by atoms with van der Waals surface area (Å²) >= 11 is 1.74. The van der Waals surface area contributed by atoms with E-state index in [1.165, 1.54) is 12.8 Å². The van der Waals surface area contributed by atoms with E-state index in [9.17, 15) is 0 Å². The van der Waals surface area contributed by atoms with Gasteiger partial charge < -0.3 is 15.0 Å². The zero-order valence-corrected chi connectivity index (χ0v) is 11.4. The van der Waals surface area contributed by atoms with E-state index < -0.39 is 0 Å². The highest BCUT2D eigenvalue weighted by atomic mass is 32.2. The molecule has 6 heteroatoms. The van der Waals surface area contributed by atoms with Crippen LogP contribution in [0.2, 0.25) is 0 Å². The van der Waals surface area contributed by atoms with Crippen LogP contribution >= 0.6 is 11.8 Å². The van der Waals surface area contributed by atoms with Crippen LogP contribution < -0.4 is 5.73 Å². The second-order valence-corrected chi connectivity index (χ2v) is 5.43. The zero-order valence-electron chi connectivity index (χ0n) is 10.5. The molecule has 0 amide bonds. The number of nitrogens with two attached hydrogens (primary N) is 1. The lowest BCUT2D eigenvalue weighted by Gasteiger charge is -2.08. The summed E-state index contributed by atoms with van der Waals surface area (Å²) in [6.07, 6.45) is 4.20. The summed E-state index contributed by atoms with van der Waals surface area (Å²) in [5, 5.41) is 9.22. The smallest absolute Gasteiger partial charge is 0.191 e. The van der Waals surface area contributed by atoms with Crippen LogP contribution in [0.25, 0.3) is 0 Å². The fourth-order valence-electron chi connectivity index (χ4n) is 2.02. The van der Waals surface area contributed by atoms with Gasteiger partial charge in [0.15, 0.2) is 5.16 Å². The molecule has 0 aliphatic carbocycles. The van der Waals surface area contributed by atoms with Crippen molar-refractivity contribution in [2.24, 2.45) is 11.7 Å². The van der Waals surface area contributed by atoms with Crippen molar-refractivity contribution in [3.05, 3.63) is 18.5 Å². The second kappa shape index (κ2) is 6.92. The minimum absolute atomic E-state index is 0.415. The molecule has 2 heterocycles. The third-order valence-corrected chi connectivity index (χ3v) is 4.07. The molecule has 0 saturated carbocycles. The SMILES string of the molecule is C=CCn1c(CN)nnc1SCCC1CCOC1. The Bertz CT molecular complexity index is 387. The summed E-state index contributed by atoms with van der Waals surface area (Å²) in [6.45, 7) is 6.71. The minimum Gasteiger partial charge on any atom is -0.381 e. The molecule has 0 radical (unpaired) electrons. The molecular weight excluding hydrogens is 248 g/mol.